The average molecular weight is 822 g/mol. The van der Waals surface area contributed by atoms with E-state index in [0.717, 1.165) is 32.1 Å². The van der Waals surface area contributed by atoms with Gasteiger partial charge in [-0.3, -0.25) is 4.79 Å². The fourth-order valence-electron chi connectivity index (χ4n) is 8.78. The van der Waals surface area contributed by atoms with Crippen LogP contribution in [0.3, 0.4) is 0 Å². The summed E-state index contributed by atoms with van der Waals surface area (Å²) in [4.78, 5) is 12.5. The quantitative estimate of drug-likeness (QED) is 0.0460. The average Bonchev–Trinajstić information content (AvgIpc) is 3.23. The van der Waals surface area contributed by atoms with E-state index >= 15 is 0 Å². The summed E-state index contributed by atoms with van der Waals surface area (Å²) in [5, 5.41) is 33.5. The van der Waals surface area contributed by atoms with Crippen molar-refractivity contribution in [1.29, 1.82) is 0 Å². The Hall–Kier alpha value is -0.650. The van der Waals surface area contributed by atoms with Gasteiger partial charge in [0.15, 0.2) is 0 Å². The van der Waals surface area contributed by atoms with Gasteiger partial charge < -0.3 is 20.6 Å². The number of hydrogen-bond acceptors (Lipinski definition) is 4. The van der Waals surface area contributed by atoms with E-state index in [4.69, 9.17) is 0 Å². The van der Waals surface area contributed by atoms with E-state index in [1.807, 2.05) is 0 Å². The van der Waals surface area contributed by atoms with E-state index in [2.05, 4.69) is 19.2 Å². The van der Waals surface area contributed by atoms with Gasteiger partial charge in [-0.25, -0.2) is 0 Å². The fraction of sp³-hybridized carbons (Fsp3) is 0.981. The molecular weight excluding hydrogens is 715 g/mol. The van der Waals surface area contributed by atoms with Crippen LogP contribution in [0.25, 0.3) is 0 Å². The van der Waals surface area contributed by atoms with E-state index in [1.165, 1.54) is 250 Å². The minimum Gasteiger partial charge on any atom is -0.394 e. The highest BCUT2D eigenvalue weighted by Gasteiger charge is 2.23. The summed E-state index contributed by atoms with van der Waals surface area (Å²) >= 11 is 0. The molecule has 3 unspecified atom stereocenters. The number of unbranched alkanes of at least 4 members (excludes halogenated alkanes) is 42. The van der Waals surface area contributed by atoms with Crippen LogP contribution in [0.1, 0.15) is 309 Å². The maximum Gasteiger partial charge on any atom is 0.249 e. The summed E-state index contributed by atoms with van der Waals surface area (Å²) in [5.74, 6) is -0.463. The predicted molar refractivity (Wildman–Crippen MR) is 255 cm³/mol. The number of carbonyl (C=O) groups excluding carboxylic acids is 1. The van der Waals surface area contributed by atoms with Crippen LogP contribution in [0.5, 0.6) is 0 Å². The summed E-state index contributed by atoms with van der Waals surface area (Å²) in [6.07, 6.45) is 58.5. The van der Waals surface area contributed by atoms with Crippen molar-refractivity contribution in [2.24, 2.45) is 0 Å². The molecule has 0 saturated heterocycles. The molecule has 0 fully saturated rings. The Morgan fingerprint density at radius 2 is 0.552 bits per heavy atom. The smallest absolute Gasteiger partial charge is 0.249 e. The van der Waals surface area contributed by atoms with Crippen molar-refractivity contribution in [3.8, 4) is 0 Å². The summed E-state index contributed by atoms with van der Waals surface area (Å²) < 4.78 is 0. The zero-order chi connectivity index (χ0) is 42.3. The number of nitrogens with one attached hydrogen (secondary N) is 1. The molecule has 0 radical (unpaired) electrons. The maximum atomic E-state index is 12.5. The highest BCUT2D eigenvalue weighted by atomic mass is 16.3. The summed E-state index contributed by atoms with van der Waals surface area (Å²) in [5.41, 5.74) is 0. The molecule has 4 N–H and O–H groups in total. The Kier molecular flexibility index (Phi) is 48.5. The number of hydrogen-bond donors (Lipinski definition) is 4. The van der Waals surface area contributed by atoms with Crippen LogP contribution < -0.4 is 5.32 Å². The topological polar surface area (TPSA) is 89.8 Å². The summed E-state index contributed by atoms with van der Waals surface area (Å²) in [6, 6.07) is -0.707. The third-order valence-corrected chi connectivity index (χ3v) is 13.0. The van der Waals surface area contributed by atoms with Crippen LogP contribution in [0.15, 0.2) is 0 Å². The first-order chi connectivity index (χ1) is 28.6. The Morgan fingerprint density at radius 1 is 0.345 bits per heavy atom. The standard InChI is InChI=1S/C53H107NO4/c1-3-5-7-9-11-13-15-17-19-21-23-24-25-26-27-28-30-31-33-35-37-39-41-43-45-47-51(56)50(49-55)54-53(58)52(57)48-46-44-42-40-38-36-34-32-29-22-20-18-16-14-12-10-8-6-4-2/h50-52,55-57H,3-49H2,1-2H3,(H,54,58). The van der Waals surface area contributed by atoms with Crippen LogP contribution in [0, 0.1) is 0 Å². The van der Waals surface area contributed by atoms with Gasteiger partial charge in [-0.1, -0.05) is 296 Å². The monoisotopic (exact) mass is 822 g/mol. The van der Waals surface area contributed by atoms with Gasteiger partial charge in [0, 0.05) is 0 Å². The Bertz CT molecular complexity index is 777. The molecule has 0 aromatic rings. The first-order valence-corrected chi connectivity index (χ1v) is 26.8. The second kappa shape index (κ2) is 49.0. The first kappa shape index (κ1) is 57.3. The van der Waals surface area contributed by atoms with Crippen molar-refractivity contribution in [2.75, 3.05) is 6.61 Å². The largest absolute Gasteiger partial charge is 0.394 e. The van der Waals surface area contributed by atoms with Crippen molar-refractivity contribution in [1.82, 2.24) is 5.32 Å². The van der Waals surface area contributed by atoms with Crippen molar-refractivity contribution in [3.05, 3.63) is 0 Å². The summed E-state index contributed by atoms with van der Waals surface area (Å²) in [7, 11) is 0. The van der Waals surface area contributed by atoms with Crippen molar-refractivity contribution >= 4 is 5.91 Å². The van der Waals surface area contributed by atoms with Gasteiger partial charge in [-0.15, -0.1) is 0 Å². The van der Waals surface area contributed by atoms with E-state index < -0.39 is 24.2 Å². The lowest BCUT2D eigenvalue weighted by Crippen LogP contribution is -2.49. The molecule has 3 atom stereocenters. The molecule has 0 aromatic heterocycles. The number of aliphatic hydroxyl groups is 3. The molecule has 0 aliphatic heterocycles. The zero-order valence-electron chi connectivity index (χ0n) is 39.7. The molecule has 1 amide bonds. The van der Waals surface area contributed by atoms with Crippen molar-refractivity contribution in [3.63, 3.8) is 0 Å². The predicted octanol–water partition coefficient (Wildman–Crippen LogP) is 16.2. The van der Waals surface area contributed by atoms with Crippen LogP contribution in [0.2, 0.25) is 0 Å². The van der Waals surface area contributed by atoms with Crippen LogP contribution in [0.4, 0.5) is 0 Å². The minimum atomic E-state index is -1.07. The van der Waals surface area contributed by atoms with Crippen molar-refractivity contribution in [2.45, 2.75) is 327 Å². The number of rotatable bonds is 50. The zero-order valence-corrected chi connectivity index (χ0v) is 39.7. The molecule has 5 heteroatoms. The Labute approximate surface area is 364 Å². The van der Waals surface area contributed by atoms with E-state index in [0.29, 0.717) is 12.8 Å². The molecule has 0 saturated carbocycles. The van der Waals surface area contributed by atoms with Gasteiger partial charge in [0.25, 0.3) is 0 Å². The minimum absolute atomic E-state index is 0.307. The first-order valence-electron chi connectivity index (χ1n) is 26.8. The van der Waals surface area contributed by atoms with Gasteiger partial charge in [0.05, 0.1) is 18.8 Å². The van der Waals surface area contributed by atoms with Gasteiger partial charge in [-0.2, -0.15) is 0 Å². The second-order valence-electron chi connectivity index (χ2n) is 18.8. The molecule has 348 valence electrons. The lowest BCUT2D eigenvalue weighted by molar-refractivity contribution is -0.131. The Balaban J connectivity index is 3.50. The molecule has 0 rings (SSSR count). The molecule has 0 aliphatic carbocycles. The van der Waals surface area contributed by atoms with Crippen LogP contribution >= 0.6 is 0 Å². The molecule has 0 aliphatic rings. The highest BCUT2D eigenvalue weighted by Crippen LogP contribution is 2.18. The SMILES string of the molecule is CCCCCCCCCCCCCCCCCCCCCCCCCCCC(O)C(CO)NC(=O)C(O)CCCCCCCCCCCCCCCCCCCCC. The molecule has 58 heavy (non-hydrogen) atoms. The highest BCUT2D eigenvalue weighted by molar-refractivity contribution is 5.80. The van der Waals surface area contributed by atoms with E-state index in [9.17, 15) is 20.1 Å². The van der Waals surface area contributed by atoms with E-state index in [1.54, 1.807) is 0 Å². The maximum absolute atomic E-state index is 12.5. The van der Waals surface area contributed by atoms with Gasteiger partial charge in [0.1, 0.15) is 6.10 Å². The third-order valence-electron chi connectivity index (χ3n) is 13.0. The summed E-state index contributed by atoms with van der Waals surface area (Å²) in [6.45, 7) is 4.27. The molecule has 0 aromatic carbocycles. The number of aliphatic hydroxyl groups excluding tert-OH is 3. The molecule has 5 nitrogen and oxygen atoms in total. The molecular formula is C53H107NO4. The Morgan fingerprint density at radius 3 is 0.776 bits per heavy atom. The van der Waals surface area contributed by atoms with Gasteiger partial charge in [0.2, 0.25) is 5.91 Å². The van der Waals surface area contributed by atoms with Gasteiger partial charge in [-0.05, 0) is 12.8 Å². The number of carbonyl (C=O) groups is 1. The second-order valence-corrected chi connectivity index (χ2v) is 18.8. The fourth-order valence-corrected chi connectivity index (χ4v) is 8.78. The van der Waals surface area contributed by atoms with E-state index in [-0.39, 0.29) is 6.61 Å². The van der Waals surface area contributed by atoms with Crippen LogP contribution in [-0.4, -0.2) is 46.1 Å². The van der Waals surface area contributed by atoms with Gasteiger partial charge >= 0.3 is 0 Å². The lowest BCUT2D eigenvalue weighted by Gasteiger charge is -2.23. The van der Waals surface area contributed by atoms with Crippen LogP contribution in [-0.2, 0) is 4.79 Å². The normalized spacial score (nSPS) is 13.3. The molecule has 0 spiro atoms. The number of amides is 1. The third kappa shape index (κ3) is 43.4. The molecule has 0 heterocycles. The molecule has 0 bridgehead atoms. The van der Waals surface area contributed by atoms with Crippen molar-refractivity contribution < 1.29 is 20.1 Å². The lowest BCUT2D eigenvalue weighted by atomic mass is 10.0.